The van der Waals surface area contributed by atoms with E-state index in [0.717, 1.165) is 8.99 Å². The van der Waals surface area contributed by atoms with Gasteiger partial charge in [-0.1, -0.05) is 12.1 Å². The van der Waals surface area contributed by atoms with Crippen LogP contribution in [0.25, 0.3) is 0 Å². The van der Waals surface area contributed by atoms with Gasteiger partial charge in [0, 0.05) is 13.6 Å². The van der Waals surface area contributed by atoms with Crippen molar-refractivity contribution in [2.45, 2.75) is 11.9 Å². The molecule has 0 atom stereocenters. The van der Waals surface area contributed by atoms with Crippen LogP contribution in [-0.4, -0.2) is 53.9 Å². The number of nitrogens with zero attached hydrogens (tertiary/aromatic N) is 4. The Kier molecular flexibility index (Phi) is 4.82. The Balaban J connectivity index is 3.15. The Bertz CT molecular complexity index is 522. The van der Waals surface area contributed by atoms with E-state index in [0.29, 0.717) is 0 Å². The zero-order chi connectivity index (χ0) is 13.9. The lowest BCUT2D eigenvalue weighted by Crippen LogP contribution is -2.37. The number of ether oxygens (including phenoxy) is 1. The summed E-state index contributed by atoms with van der Waals surface area (Å²) >= 11 is 3.02. The fourth-order valence-corrected chi connectivity index (χ4v) is 3.72. The van der Waals surface area contributed by atoms with Crippen LogP contribution in [0.1, 0.15) is 6.92 Å². The van der Waals surface area contributed by atoms with Gasteiger partial charge in [0.2, 0.25) is 5.03 Å². The molecular weight excluding hydrogens is 328 g/mol. The van der Waals surface area contributed by atoms with Crippen molar-refractivity contribution in [1.82, 2.24) is 19.3 Å². The number of hydrogen-bond acceptors (Lipinski definition) is 6. The first-order valence-electron chi connectivity index (χ1n) is 4.96. The summed E-state index contributed by atoms with van der Waals surface area (Å²) in [6.07, 6.45) is 0. The van der Waals surface area contributed by atoms with Crippen molar-refractivity contribution in [3.05, 3.63) is 4.60 Å². The quantitative estimate of drug-likeness (QED) is 0.686. The molecule has 1 heterocycles. The summed E-state index contributed by atoms with van der Waals surface area (Å²) in [5, 5.41) is 7.10. The SMILES string of the molecule is CCN(CC(=O)OC)S(=O)(=O)c1c(Br)nnn1C. The van der Waals surface area contributed by atoms with Crippen LogP contribution in [0.4, 0.5) is 0 Å². The molecule has 0 bridgehead atoms. The van der Waals surface area contributed by atoms with Crippen molar-refractivity contribution in [1.29, 1.82) is 0 Å². The van der Waals surface area contributed by atoms with E-state index in [1.54, 1.807) is 6.92 Å². The van der Waals surface area contributed by atoms with Gasteiger partial charge in [0.1, 0.15) is 6.54 Å². The number of hydrogen-bond donors (Lipinski definition) is 0. The highest BCUT2D eigenvalue weighted by molar-refractivity contribution is 9.10. The number of rotatable bonds is 5. The summed E-state index contributed by atoms with van der Waals surface area (Å²) in [4.78, 5) is 11.2. The first-order chi connectivity index (χ1) is 8.34. The molecule has 0 amide bonds. The van der Waals surface area contributed by atoms with Gasteiger partial charge < -0.3 is 4.74 Å². The van der Waals surface area contributed by atoms with Crippen molar-refractivity contribution in [2.75, 3.05) is 20.2 Å². The normalized spacial score (nSPS) is 11.8. The second-order valence-electron chi connectivity index (χ2n) is 3.32. The van der Waals surface area contributed by atoms with Gasteiger partial charge in [0.05, 0.1) is 7.11 Å². The van der Waals surface area contributed by atoms with Crippen LogP contribution in [0, 0.1) is 0 Å². The summed E-state index contributed by atoms with van der Waals surface area (Å²) in [5.74, 6) is -0.633. The van der Waals surface area contributed by atoms with Gasteiger partial charge >= 0.3 is 5.97 Å². The second-order valence-corrected chi connectivity index (χ2v) is 5.92. The highest BCUT2D eigenvalue weighted by atomic mass is 79.9. The third-order valence-electron chi connectivity index (χ3n) is 2.21. The molecule has 10 heteroatoms. The molecule has 0 saturated carbocycles. The van der Waals surface area contributed by atoms with Crippen LogP contribution in [0.3, 0.4) is 0 Å². The predicted octanol–water partition coefficient (Wildman–Crippen LogP) is -0.239. The number of esters is 1. The molecule has 0 radical (unpaired) electrons. The number of aryl methyl sites for hydroxylation is 1. The highest BCUT2D eigenvalue weighted by Gasteiger charge is 2.31. The largest absolute Gasteiger partial charge is 0.468 e. The van der Waals surface area contributed by atoms with Gasteiger partial charge in [-0.25, -0.2) is 13.1 Å². The molecule has 102 valence electrons. The Morgan fingerprint density at radius 3 is 2.56 bits per heavy atom. The molecule has 1 aromatic rings. The van der Waals surface area contributed by atoms with Gasteiger partial charge in [-0.2, -0.15) is 4.31 Å². The van der Waals surface area contributed by atoms with E-state index in [-0.39, 0.29) is 22.7 Å². The molecule has 0 aliphatic rings. The smallest absolute Gasteiger partial charge is 0.321 e. The number of carbonyl (C=O) groups is 1. The molecular formula is C8H13BrN4O4S. The molecule has 18 heavy (non-hydrogen) atoms. The van der Waals surface area contributed by atoms with Crippen molar-refractivity contribution < 1.29 is 17.9 Å². The van der Waals surface area contributed by atoms with Gasteiger partial charge in [0.15, 0.2) is 4.60 Å². The van der Waals surface area contributed by atoms with Crippen LogP contribution in [0.15, 0.2) is 9.63 Å². The Labute approximate surface area is 113 Å². The monoisotopic (exact) mass is 340 g/mol. The van der Waals surface area contributed by atoms with E-state index in [4.69, 9.17) is 0 Å². The summed E-state index contributed by atoms with van der Waals surface area (Å²) in [7, 11) is -1.20. The first kappa shape index (κ1) is 15.1. The Morgan fingerprint density at radius 1 is 1.56 bits per heavy atom. The predicted molar refractivity (Wildman–Crippen MR) is 65.2 cm³/mol. The number of sulfonamides is 1. The maximum Gasteiger partial charge on any atom is 0.321 e. The molecule has 1 rings (SSSR count). The number of likely N-dealkylation sites (N-methyl/N-ethyl adjacent to an activating group) is 1. The molecule has 0 aromatic carbocycles. The molecule has 0 saturated heterocycles. The van der Waals surface area contributed by atoms with Gasteiger partial charge in [-0.15, -0.1) is 5.10 Å². The Morgan fingerprint density at radius 2 is 2.17 bits per heavy atom. The Hall–Kier alpha value is -1.00. The number of halogens is 1. The lowest BCUT2D eigenvalue weighted by atomic mass is 10.6. The maximum atomic E-state index is 12.3. The molecule has 1 aromatic heterocycles. The molecule has 0 aliphatic heterocycles. The van der Waals surface area contributed by atoms with Gasteiger partial charge in [-0.05, 0) is 15.9 Å². The van der Waals surface area contributed by atoms with Crippen LogP contribution in [0.2, 0.25) is 0 Å². The van der Waals surface area contributed by atoms with E-state index >= 15 is 0 Å². The van der Waals surface area contributed by atoms with Crippen molar-refractivity contribution >= 4 is 31.9 Å². The third kappa shape index (κ3) is 2.87. The topological polar surface area (TPSA) is 94.4 Å². The van der Waals surface area contributed by atoms with Gasteiger partial charge in [-0.3, -0.25) is 4.79 Å². The molecule has 0 spiro atoms. The first-order valence-corrected chi connectivity index (χ1v) is 7.20. The minimum absolute atomic E-state index is 0.103. The van der Waals surface area contributed by atoms with Crippen LogP contribution < -0.4 is 0 Å². The number of aromatic nitrogens is 3. The molecule has 0 unspecified atom stereocenters. The fraction of sp³-hybridized carbons (Fsp3) is 0.625. The minimum atomic E-state index is -3.85. The minimum Gasteiger partial charge on any atom is -0.468 e. The van der Waals surface area contributed by atoms with Crippen LogP contribution in [-0.2, 0) is 26.6 Å². The van der Waals surface area contributed by atoms with E-state index in [2.05, 4.69) is 31.0 Å². The van der Waals surface area contributed by atoms with Crippen molar-refractivity contribution in [3.63, 3.8) is 0 Å². The third-order valence-corrected chi connectivity index (χ3v) is 5.02. The average molecular weight is 341 g/mol. The lowest BCUT2D eigenvalue weighted by molar-refractivity contribution is -0.140. The summed E-state index contributed by atoms with van der Waals surface area (Å²) in [6, 6.07) is 0. The molecule has 8 nitrogen and oxygen atoms in total. The molecule has 0 fully saturated rings. The van der Waals surface area contributed by atoms with Crippen LogP contribution in [0.5, 0.6) is 0 Å². The summed E-state index contributed by atoms with van der Waals surface area (Å²) in [5.41, 5.74) is 0. The highest BCUT2D eigenvalue weighted by Crippen LogP contribution is 2.21. The maximum absolute atomic E-state index is 12.3. The van der Waals surface area contributed by atoms with E-state index < -0.39 is 16.0 Å². The number of carbonyl (C=O) groups excluding carboxylic acids is 1. The standard InChI is InChI=1S/C8H13BrN4O4S/c1-4-13(5-6(14)17-3)18(15,16)8-7(9)10-11-12(8)2/h4-5H2,1-3H3. The lowest BCUT2D eigenvalue weighted by Gasteiger charge is -2.18. The number of methoxy groups -OCH3 is 1. The summed E-state index contributed by atoms with van der Waals surface area (Å²) < 4.78 is 31.3. The average Bonchev–Trinajstić information content (AvgIpc) is 2.65. The fourth-order valence-electron chi connectivity index (χ4n) is 1.29. The van der Waals surface area contributed by atoms with E-state index in [1.807, 2.05) is 0 Å². The van der Waals surface area contributed by atoms with Crippen molar-refractivity contribution in [3.8, 4) is 0 Å². The van der Waals surface area contributed by atoms with Gasteiger partial charge in [0.25, 0.3) is 10.0 Å². The zero-order valence-electron chi connectivity index (χ0n) is 10.1. The summed E-state index contributed by atoms with van der Waals surface area (Å²) in [6.45, 7) is 1.40. The molecule has 0 aliphatic carbocycles. The second kappa shape index (κ2) is 5.76. The van der Waals surface area contributed by atoms with Crippen LogP contribution >= 0.6 is 15.9 Å². The van der Waals surface area contributed by atoms with Crippen molar-refractivity contribution in [2.24, 2.45) is 7.05 Å². The van der Waals surface area contributed by atoms with E-state index in [1.165, 1.54) is 14.2 Å². The van der Waals surface area contributed by atoms with E-state index in [9.17, 15) is 13.2 Å². The zero-order valence-corrected chi connectivity index (χ0v) is 12.5. The molecule has 0 N–H and O–H groups in total.